The molecule has 2 N–H and O–H groups in total. The molecule has 0 aliphatic carbocycles. The fourth-order valence-electron chi connectivity index (χ4n) is 3.46. The third-order valence-electron chi connectivity index (χ3n) is 4.97. The van der Waals surface area contributed by atoms with Crippen LogP contribution in [0, 0.1) is 12.8 Å². The summed E-state index contributed by atoms with van der Waals surface area (Å²) in [5, 5.41) is 2.88. The number of nitrogens with one attached hydrogen (secondary N) is 2. The number of aromatic amines is 1. The molecule has 2 amide bonds. The number of rotatable bonds is 5. The van der Waals surface area contributed by atoms with Crippen LogP contribution in [0.1, 0.15) is 17.8 Å². The Kier molecular flexibility index (Phi) is 4.62. The van der Waals surface area contributed by atoms with Crippen molar-refractivity contribution in [3.8, 4) is 0 Å². The summed E-state index contributed by atoms with van der Waals surface area (Å²) in [4.78, 5) is 34.5. The molecule has 0 spiro atoms. The van der Waals surface area contributed by atoms with Gasteiger partial charge in [-0.25, -0.2) is 4.98 Å². The van der Waals surface area contributed by atoms with Crippen LogP contribution in [0.2, 0.25) is 0 Å². The highest BCUT2D eigenvalue weighted by molar-refractivity contribution is 6.09. The van der Waals surface area contributed by atoms with E-state index in [1.165, 1.54) is 0 Å². The van der Waals surface area contributed by atoms with Gasteiger partial charge in [-0.2, -0.15) is 0 Å². The van der Waals surface area contributed by atoms with E-state index in [-0.39, 0.29) is 11.8 Å². The number of carbonyl (C=O) groups excluding carboxylic acids is 2. The number of aryl methyl sites for hydroxylation is 1. The summed E-state index contributed by atoms with van der Waals surface area (Å²) in [7, 11) is 0. The summed E-state index contributed by atoms with van der Waals surface area (Å²) in [6, 6.07) is 15.6. The van der Waals surface area contributed by atoms with Crippen LogP contribution < -0.4 is 10.2 Å². The Morgan fingerprint density at radius 1 is 1.22 bits per heavy atom. The van der Waals surface area contributed by atoms with Crippen LogP contribution in [0.4, 0.5) is 5.69 Å². The van der Waals surface area contributed by atoms with Crippen molar-refractivity contribution in [1.29, 1.82) is 0 Å². The summed E-state index contributed by atoms with van der Waals surface area (Å²) in [5.74, 6) is -0.108. The normalized spacial score (nSPS) is 16.9. The molecule has 6 heteroatoms. The Balaban J connectivity index is 1.33. The van der Waals surface area contributed by atoms with Gasteiger partial charge in [0.2, 0.25) is 11.8 Å². The summed E-state index contributed by atoms with van der Waals surface area (Å²) in [6.45, 7) is 3.03. The first-order valence-corrected chi connectivity index (χ1v) is 9.21. The lowest BCUT2D eigenvalue weighted by Crippen LogP contribution is -2.37. The fraction of sp³-hybridized carbons (Fsp3) is 0.286. The lowest BCUT2D eigenvalue weighted by molar-refractivity contribution is -0.132. The summed E-state index contributed by atoms with van der Waals surface area (Å²) >= 11 is 0. The molecule has 1 aromatic heterocycles. The Morgan fingerprint density at radius 2 is 2.00 bits per heavy atom. The standard InChI is InChI=1S/C21H22N4O2/c1-14-6-8-15(9-7-14)25-13-11-16(21(25)27)20(26)22-12-10-19-23-17-4-2-3-5-18(17)24-19/h2-9,16H,10-13H2,1H3,(H,22,26)(H,23,24). The van der Waals surface area contributed by atoms with E-state index in [1.54, 1.807) is 4.90 Å². The number of H-pyrrole nitrogens is 1. The van der Waals surface area contributed by atoms with Crippen LogP contribution in [0.5, 0.6) is 0 Å². The van der Waals surface area contributed by atoms with Gasteiger partial charge in [0.15, 0.2) is 0 Å². The Morgan fingerprint density at radius 3 is 2.78 bits per heavy atom. The molecule has 3 aromatic rings. The molecule has 2 aromatic carbocycles. The van der Waals surface area contributed by atoms with E-state index in [0.29, 0.717) is 25.9 Å². The molecule has 2 heterocycles. The predicted octanol–water partition coefficient (Wildman–Crippen LogP) is 2.58. The predicted molar refractivity (Wildman–Crippen MR) is 104 cm³/mol. The molecule has 27 heavy (non-hydrogen) atoms. The van der Waals surface area contributed by atoms with Gasteiger partial charge in [-0.1, -0.05) is 29.8 Å². The highest BCUT2D eigenvalue weighted by atomic mass is 16.2. The number of imidazole rings is 1. The van der Waals surface area contributed by atoms with Crippen molar-refractivity contribution in [3.05, 3.63) is 59.9 Å². The first-order valence-electron chi connectivity index (χ1n) is 9.21. The van der Waals surface area contributed by atoms with Gasteiger partial charge in [0.05, 0.1) is 11.0 Å². The maximum atomic E-state index is 12.6. The molecule has 1 aliphatic heterocycles. The molecule has 4 rings (SSSR count). The zero-order valence-electron chi connectivity index (χ0n) is 15.2. The molecule has 0 saturated carbocycles. The van der Waals surface area contributed by atoms with E-state index >= 15 is 0 Å². The fourth-order valence-corrected chi connectivity index (χ4v) is 3.46. The molecule has 1 unspecified atom stereocenters. The monoisotopic (exact) mass is 362 g/mol. The zero-order valence-corrected chi connectivity index (χ0v) is 15.2. The van der Waals surface area contributed by atoms with E-state index in [0.717, 1.165) is 28.1 Å². The number of hydrogen-bond donors (Lipinski definition) is 2. The average molecular weight is 362 g/mol. The first kappa shape index (κ1) is 17.3. The summed E-state index contributed by atoms with van der Waals surface area (Å²) < 4.78 is 0. The van der Waals surface area contributed by atoms with Gasteiger partial charge in [-0.05, 0) is 37.6 Å². The van der Waals surface area contributed by atoms with Crippen LogP contribution in [0.25, 0.3) is 11.0 Å². The average Bonchev–Trinajstić information content (AvgIpc) is 3.25. The quantitative estimate of drug-likeness (QED) is 0.685. The van der Waals surface area contributed by atoms with E-state index in [1.807, 2.05) is 55.5 Å². The molecule has 1 aliphatic rings. The lowest BCUT2D eigenvalue weighted by atomic mass is 10.1. The van der Waals surface area contributed by atoms with E-state index in [2.05, 4.69) is 15.3 Å². The van der Waals surface area contributed by atoms with Crippen molar-refractivity contribution in [1.82, 2.24) is 15.3 Å². The second kappa shape index (κ2) is 7.23. The van der Waals surface area contributed by atoms with Crippen molar-refractivity contribution >= 4 is 28.5 Å². The lowest BCUT2D eigenvalue weighted by Gasteiger charge is -2.17. The van der Waals surface area contributed by atoms with Crippen LogP contribution in [-0.2, 0) is 16.0 Å². The molecule has 0 bridgehead atoms. The third kappa shape index (κ3) is 3.56. The SMILES string of the molecule is Cc1ccc(N2CCC(C(=O)NCCc3nc4ccccc4[nH]3)C2=O)cc1. The maximum absolute atomic E-state index is 12.6. The molecule has 6 nitrogen and oxygen atoms in total. The number of fused-ring (bicyclic) bond motifs is 1. The number of hydrogen-bond acceptors (Lipinski definition) is 3. The minimum Gasteiger partial charge on any atom is -0.355 e. The molecule has 0 radical (unpaired) electrons. The van der Waals surface area contributed by atoms with Gasteiger partial charge in [-0.3, -0.25) is 9.59 Å². The molecule has 1 fully saturated rings. The van der Waals surface area contributed by atoms with Crippen LogP contribution in [0.15, 0.2) is 48.5 Å². The number of anilines is 1. The van der Waals surface area contributed by atoms with Crippen molar-refractivity contribution in [2.24, 2.45) is 5.92 Å². The Labute approximate surface area is 157 Å². The van der Waals surface area contributed by atoms with Crippen molar-refractivity contribution in [2.75, 3.05) is 18.0 Å². The molecule has 1 saturated heterocycles. The van der Waals surface area contributed by atoms with Gasteiger partial charge < -0.3 is 15.2 Å². The van der Waals surface area contributed by atoms with Gasteiger partial charge >= 0.3 is 0 Å². The summed E-state index contributed by atoms with van der Waals surface area (Å²) in [5.41, 5.74) is 3.89. The maximum Gasteiger partial charge on any atom is 0.239 e. The number of para-hydroxylation sites is 2. The molecule has 138 valence electrons. The number of carbonyl (C=O) groups is 2. The number of benzene rings is 2. The Hall–Kier alpha value is -3.15. The minimum atomic E-state index is -0.609. The minimum absolute atomic E-state index is 0.125. The van der Waals surface area contributed by atoms with Crippen molar-refractivity contribution in [2.45, 2.75) is 19.8 Å². The smallest absolute Gasteiger partial charge is 0.239 e. The topological polar surface area (TPSA) is 78.1 Å². The van der Waals surface area contributed by atoms with Gasteiger partial charge in [-0.15, -0.1) is 0 Å². The Bertz CT molecular complexity index is 944. The largest absolute Gasteiger partial charge is 0.355 e. The number of amides is 2. The van der Waals surface area contributed by atoms with Gasteiger partial charge in [0.25, 0.3) is 0 Å². The summed E-state index contributed by atoms with van der Waals surface area (Å²) in [6.07, 6.45) is 1.15. The number of aromatic nitrogens is 2. The molecular weight excluding hydrogens is 340 g/mol. The van der Waals surface area contributed by atoms with Gasteiger partial charge in [0.1, 0.15) is 11.7 Å². The highest BCUT2D eigenvalue weighted by Gasteiger charge is 2.37. The molecule has 1 atom stereocenters. The van der Waals surface area contributed by atoms with E-state index in [9.17, 15) is 9.59 Å². The van der Waals surface area contributed by atoms with Crippen LogP contribution in [-0.4, -0.2) is 34.9 Å². The second-order valence-corrected chi connectivity index (χ2v) is 6.91. The first-order chi connectivity index (χ1) is 13.1. The number of nitrogens with zero attached hydrogens (tertiary/aromatic N) is 2. The molecular formula is C21H22N4O2. The zero-order chi connectivity index (χ0) is 18.8. The van der Waals surface area contributed by atoms with Crippen LogP contribution in [0.3, 0.4) is 0 Å². The van der Waals surface area contributed by atoms with Crippen molar-refractivity contribution < 1.29 is 9.59 Å². The highest BCUT2D eigenvalue weighted by Crippen LogP contribution is 2.25. The second-order valence-electron chi connectivity index (χ2n) is 6.91. The van der Waals surface area contributed by atoms with Gasteiger partial charge in [0, 0.05) is 25.2 Å². The van der Waals surface area contributed by atoms with E-state index in [4.69, 9.17) is 0 Å². The third-order valence-corrected chi connectivity index (χ3v) is 4.97. The van der Waals surface area contributed by atoms with Crippen molar-refractivity contribution in [3.63, 3.8) is 0 Å². The van der Waals surface area contributed by atoms with E-state index < -0.39 is 5.92 Å². The van der Waals surface area contributed by atoms with Crippen LogP contribution >= 0.6 is 0 Å².